The zero-order valence-electron chi connectivity index (χ0n) is 34.8. The first-order valence-electron chi connectivity index (χ1n) is 19.5. The lowest BCUT2D eigenvalue weighted by Gasteiger charge is -2.36. The summed E-state index contributed by atoms with van der Waals surface area (Å²) in [7, 11) is 2.55. The first-order valence-corrected chi connectivity index (χ1v) is 19.9. The fourth-order valence-electron chi connectivity index (χ4n) is 7.00. The summed E-state index contributed by atoms with van der Waals surface area (Å²) >= 11 is 6.35. The Morgan fingerprint density at radius 2 is 1.72 bits per heavy atom. The molecule has 5 N–H and O–H groups in total. The summed E-state index contributed by atoms with van der Waals surface area (Å²) in [6.07, 6.45) is -7.80. The summed E-state index contributed by atoms with van der Waals surface area (Å²) in [5.41, 5.74) is -5.24. The number of halogens is 6. The summed E-state index contributed by atoms with van der Waals surface area (Å²) in [5, 5.41) is 20.4. The van der Waals surface area contributed by atoms with Crippen molar-refractivity contribution in [1.29, 1.82) is 0 Å². The SMILES string of the molecule is CC(C)C[C@@H]1NC(=O)[C@@H](N(C)C(=O)[C@H](C)NC(=O)[C@@H]2C[C@@H](F)CN2C(=O)[C@@](C)(O)C(F)(F)F)CCCCNC(=O)C(C)(C)NC(=O)[C@H](Cc2cc(F)ccc2Cl)N(C)C1=O. The molecule has 1 aromatic carbocycles. The largest absolute Gasteiger partial charge is 0.426 e. The highest BCUT2D eigenvalue weighted by Crippen LogP contribution is 2.34. The maximum absolute atomic E-state index is 14.5. The zero-order chi connectivity index (χ0) is 45.7. The van der Waals surface area contributed by atoms with Crippen LogP contribution in [0.3, 0.4) is 0 Å². The minimum Gasteiger partial charge on any atom is -0.373 e. The van der Waals surface area contributed by atoms with E-state index in [1.54, 1.807) is 13.8 Å². The Morgan fingerprint density at radius 3 is 2.32 bits per heavy atom. The highest BCUT2D eigenvalue weighted by atomic mass is 35.5. The standard InChI is InChI=1S/C39H55ClF5N7O8/c1-20(2)15-26-34(57)51(8)28(17-22-16-23(41)12-13-25(22)40)32(55)49-37(4,5)35(58)46-14-10-9-11-27(30(53)48-26)50(7)33(56)21(3)47-31(54)29-18-24(42)19-52(29)36(59)38(6,60)39(43,44)45/h12-13,16,20-21,24,26-29,60H,9-11,14-15,17-19H2,1-8H3,(H,46,58)(H,47,54)(H,48,53)(H,49,55)/t21-,24+,26-,27-,28-,29-,38+/m0/s1. The molecule has 0 saturated carbocycles. The van der Waals surface area contributed by atoms with Gasteiger partial charge < -0.3 is 41.1 Å². The molecule has 2 heterocycles. The van der Waals surface area contributed by atoms with Gasteiger partial charge in [-0.25, -0.2) is 8.78 Å². The quantitative estimate of drug-likeness (QED) is 0.233. The van der Waals surface area contributed by atoms with Crippen LogP contribution in [-0.2, 0) is 40.0 Å². The van der Waals surface area contributed by atoms with Crippen LogP contribution in [0.2, 0.25) is 5.02 Å². The van der Waals surface area contributed by atoms with E-state index in [-0.39, 0.29) is 67.0 Å². The third-order valence-electron chi connectivity index (χ3n) is 10.7. The van der Waals surface area contributed by atoms with E-state index in [1.165, 1.54) is 40.9 Å². The van der Waals surface area contributed by atoms with Crippen LogP contribution in [0.25, 0.3) is 0 Å². The van der Waals surface area contributed by atoms with E-state index in [2.05, 4.69) is 21.3 Å². The molecule has 7 amide bonds. The van der Waals surface area contributed by atoms with E-state index < -0.39 is 114 Å². The second-order valence-electron chi connectivity index (χ2n) is 16.5. The van der Waals surface area contributed by atoms with Gasteiger partial charge in [0.25, 0.3) is 5.91 Å². The number of nitrogens with zero attached hydrogens (tertiary/aromatic N) is 3. The Kier molecular flexibility index (Phi) is 16.5. The molecule has 15 nitrogen and oxygen atoms in total. The first-order chi connectivity index (χ1) is 27.6. The van der Waals surface area contributed by atoms with Crippen molar-refractivity contribution < 1.29 is 60.6 Å². The maximum atomic E-state index is 14.5. The Morgan fingerprint density at radius 1 is 1.08 bits per heavy atom. The Hall–Kier alpha value is -4.59. The van der Waals surface area contributed by atoms with Crippen molar-refractivity contribution in [3.63, 3.8) is 0 Å². The lowest BCUT2D eigenvalue weighted by Crippen LogP contribution is -2.62. The number of hydrogen-bond acceptors (Lipinski definition) is 8. The van der Waals surface area contributed by atoms with Crippen molar-refractivity contribution in [2.45, 2.75) is 134 Å². The minimum atomic E-state index is -5.44. The number of likely N-dealkylation sites (N-methyl/N-ethyl adjacent to an activating group) is 2. The van der Waals surface area contributed by atoms with Crippen molar-refractivity contribution in [1.82, 2.24) is 36.0 Å². The van der Waals surface area contributed by atoms with Crippen LogP contribution in [0, 0.1) is 11.7 Å². The normalized spacial score (nSPS) is 25.2. The van der Waals surface area contributed by atoms with Gasteiger partial charge in [-0.3, -0.25) is 33.6 Å². The highest BCUT2D eigenvalue weighted by Gasteiger charge is 2.59. The predicted octanol–water partition coefficient (Wildman–Crippen LogP) is 2.16. The molecule has 21 heteroatoms. The van der Waals surface area contributed by atoms with Gasteiger partial charge in [0.15, 0.2) is 0 Å². The second kappa shape index (κ2) is 19.9. The number of aliphatic hydroxyl groups is 1. The topological polar surface area (TPSA) is 198 Å². The molecule has 3 rings (SSSR count). The van der Waals surface area contributed by atoms with Crippen molar-refractivity contribution in [3.05, 3.63) is 34.6 Å². The average molecular weight is 880 g/mol. The maximum Gasteiger partial charge on any atom is 0.426 e. The Labute approximate surface area is 350 Å². The molecule has 2 aliphatic rings. The smallest absolute Gasteiger partial charge is 0.373 e. The summed E-state index contributed by atoms with van der Waals surface area (Å²) < 4.78 is 69.2. The number of benzene rings is 1. The van der Waals surface area contributed by atoms with Gasteiger partial charge in [0, 0.05) is 38.5 Å². The molecule has 0 bridgehead atoms. The molecule has 336 valence electrons. The van der Waals surface area contributed by atoms with Gasteiger partial charge in [-0.05, 0) is 83.1 Å². The Balaban J connectivity index is 1.95. The van der Waals surface area contributed by atoms with E-state index in [1.807, 2.05) is 0 Å². The first kappa shape index (κ1) is 49.8. The second-order valence-corrected chi connectivity index (χ2v) is 16.9. The number of alkyl halides is 4. The fraction of sp³-hybridized carbons (Fsp3) is 0.667. The summed E-state index contributed by atoms with van der Waals surface area (Å²) in [4.78, 5) is 97.8. The van der Waals surface area contributed by atoms with Crippen LogP contribution < -0.4 is 21.3 Å². The average Bonchev–Trinajstić information content (AvgIpc) is 3.54. The molecule has 0 spiro atoms. The van der Waals surface area contributed by atoms with Gasteiger partial charge >= 0.3 is 6.18 Å². The van der Waals surface area contributed by atoms with Gasteiger partial charge in [0.2, 0.25) is 41.0 Å². The molecule has 0 aromatic heterocycles. The molecule has 2 aliphatic heterocycles. The van der Waals surface area contributed by atoms with Crippen molar-refractivity contribution in [2.24, 2.45) is 5.92 Å². The van der Waals surface area contributed by atoms with Gasteiger partial charge in [-0.2, -0.15) is 13.2 Å². The van der Waals surface area contributed by atoms with Crippen molar-refractivity contribution >= 4 is 53.0 Å². The summed E-state index contributed by atoms with van der Waals surface area (Å²) in [6, 6.07) is -3.73. The Bertz CT molecular complexity index is 1800. The molecule has 0 unspecified atom stereocenters. The number of likely N-dealkylation sites (tertiary alicyclic amines) is 1. The molecule has 0 aliphatic carbocycles. The van der Waals surface area contributed by atoms with E-state index in [4.69, 9.17) is 11.6 Å². The van der Waals surface area contributed by atoms with E-state index in [9.17, 15) is 60.6 Å². The number of nitrogens with one attached hydrogen (secondary N) is 4. The number of carbonyl (C=O) groups excluding carboxylic acids is 7. The number of hydrogen-bond donors (Lipinski definition) is 5. The van der Waals surface area contributed by atoms with E-state index >= 15 is 0 Å². The van der Waals surface area contributed by atoms with E-state index in [0.717, 1.165) is 21.9 Å². The van der Waals surface area contributed by atoms with Gasteiger partial charge in [0.1, 0.15) is 47.7 Å². The minimum absolute atomic E-state index is 0.0230. The molecule has 2 fully saturated rings. The van der Waals surface area contributed by atoms with Crippen LogP contribution in [0.1, 0.15) is 79.2 Å². The van der Waals surface area contributed by atoms with Crippen LogP contribution in [-0.4, -0.2) is 142 Å². The molecule has 7 atom stereocenters. The van der Waals surface area contributed by atoms with Crippen molar-refractivity contribution in [2.75, 3.05) is 27.2 Å². The molecular formula is C39H55ClF5N7O8. The lowest BCUT2D eigenvalue weighted by atomic mass is 9.97. The number of carbonyl (C=O) groups is 7. The van der Waals surface area contributed by atoms with Gasteiger partial charge in [-0.1, -0.05) is 25.4 Å². The number of rotatable bonds is 9. The third-order valence-corrected chi connectivity index (χ3v) is 11.1. The summed E-state index contributed by atoms with van der Waals surface area (Å²) in [5.74, 6) is -7.75. The molecule has 0 radical (unpaired) electrons. The zero-order valence-corrected chi connectivity index (χ0v) is 35.6. The van der Waals surface area contributed by atoms with Crippen LogP contribution in [0.4, 0.5) is 22.0 Å². The monoisotopic (exact) mass is 879 g/mol. The van der Waals surface area contributed by atoms with E-state index in [0.29, 0.717) is 0 Å². The number of amides is 7. The molecule has 2 saturated heterocycles. The lowest BCUT2D eigenvalue weighted by molar-refractivity contribution is -0.250. The fourth-order valence-corrected chi connectivity index (χ4v) is 7.19. The van der Waals surface area contributed by atoms with Crippen LogP contribution in [0.5, 0.6) is 0 Å². The van der Waals surface area contributed by atoms with Gasteiger partial charge in [0.05, 0.1) is 6.54 Å². The predicted molar refractivity (Wildman–Crippen MR) is 208 cm³/mol. The summed E-state index contributed by atoms with van der Waals surface area (Å²) in [6.45, 7) is 7.03. The molecular weight excluding hydrogens is 825 g/mol. The van der Waals surface area contributed by atoms with Crippen molar-refractivity contribution in [3.8, 4) is 0 Å². The highest BCUT2D eigenvalue weighted by molar-refractivity contribution is 6.31. The van der Waals surface area contributed by atoms with Gasteiger partial charge in [-0.15, -0.1) is 0 Å². The third kappa shape index (κ3) is 12.0. The van der Waals surface area contributed by atoms with Crippen LogP contribution in [0.15, 0.2) is 18.2 Å². The van der Waals surface area contributed by atoms with Crippen LogP contribution >= 0.6 is 11.6 Å². The molecule has 60 heavy (non-hydrogen) atoms. The molecule has 1 aromatic rings.